The second-order valence-electron chi connectivity index (χ2n) is 13.4. The molecular weight excluding hydrogens is 731 g/mol. The van der Waals surface area contributed by atoms with Gasteiger partial charge in [-0.15, -0.1) is 0 Å². The molecule has 0 radical (unpaired) electrons. The van der Waals surface area contributed by atoms with Crippen molar-refractivity contribution in [3.05, 3.63) is 168 Å². The van der Waals surface area contributed by atoms with Gasteiger partial charge < -0.3 is 19.0 Å². The number of sulfonamides is 1. The van der Waals surface area contributed by atoms with Gasteiger partial charge in [-0.2, -0.15) is 0 Å². The van der Waals surface area contributed by atoms with Crippen molar-refractivity contribution >= 4 is 32.7 Å². The minimum absolute atomic E-state index is 0.0419. The zero-order valence-electron chi connectivity index (χ0n) is 30.0. The fourth-order valence-electron chi connectivity index (χ4n) is 6.74. The summed E-state index contributed by atoms with van der Waals surface area (Å²) in [4.78, 5) is 9.40. The van der Waals surface area contributed by atoms with Crippen LogP contribution in [-0.4, -0.2) is 35.3 Å². The molecule has 1 fully saturated rings. The molecule has 55 heavy (non-hydrogen) atoms. The Morgan fingerprint density at radius 3 is 2.15 bits per heavy atom. The van der Waals surface area contributed by atoms with E-state index in [1.165, 1.54) is 11.8 Å². The molecular formula is C44H39N3O6S2. The molecule has 3 heterocycles. The number of oxazole rings is 1. The van der Waals surface area contributed by atoms with Crippen molar-refractivity contribution in [2.45, 2.75) is 48.7 Å². The van der Waals surface area contributed by atoms with Crippen LogP contribution >= 0.6 is 11.8 Å². The van der Waals surface area contributed by atoms with Crippen LogP contribution in [0.2, 0.25) is 0 Å². The van der Waals surface area contributed by atoms with Crippen molar-refractivity contribution in [3.63, 3.8) is 0 Å². The van der Waals surface area contributed by atoms with E-state index < -0.39 is 16.3 Å². The highest BCUT2D eigenvalue weighted by molar-refractivity contribution is 7.99. The molecule has 4 atom stereocenters. The lowest BCUT2D eigenvalue weighted by molar-refractivity contribution is -0.268. The number of fused-ring (bicyclic) bond motifs is 1. The summed E-state index contributed by atoms with van der Waals surface area (Å²) in [6.07, 6.45) is 0.341. The molecule has 11 heteroatoms. The molecule has 1 aliphatic rings. The third kappa shape index (κ3) is 8.13. The summed E-state index contributed by atoms with van der Waals surface area (Å²) in [5.74, 6) is 1.22. The average Bonchev–Trinajstić information content (AvgIpc) is 3.68. The van der Waals surface area contributed by atoms with E-state index in [1.54, 1.807) is 24.4 Å². The topological polar surface area (TPSA) is 124 Å². The molecule has 1 saturated heterocycles. The van der Waals surface area contributed by atoms with Gasteiger partial charge >= 0.3 is 0 Å². The summed E-state index contributed by atoms with van der Waals surface area (Å²) in [5, 5.41) is 11.0. The molecule has 0 aliphatic carbocycles. The lowest BCUT2D eigenvalue weighted by Crippen LogP contribution is -2.38. The molecule has 0 amide bonds. The number of nitrogens with zero attached hydrogens (tertiary/aromatic N) is 2. The summed E-state index contributed by atoms with van der Waals surface area (Å²) in [6, 6.07) is 44.1. The van der Waals surface area contributed by atoms with E-state index in [0.29, 0.717) is 22.3 Å². The summed E-state index contributed by atoms with van der Waals surface area (Å²) in [6.45, 7) is 2.17. The number of rotatable bonds is 12. The normalized spacial score (nSPS) is 18.7. The number of aliphatic hydroxyl groups excluding tert-OH is 1. The summed E-state index contributed by atoms with van der Waals surface area (Å²) < 4.78 is 49.2. The number of pyridine rings is 1. The van der Waals surface area contributed by atoms with Gasteiger partial charge in [0.05, 0.1) is 24.3 Å². The lowest BCUT2D eigenvalue weighted by Gasteiger charge is -2.41. The Bertz CT molecular complexity index is 2420. The van der Waals surface area contributed by atoms with Crippen LogP contribution < -0.4 is 4.72 Å². The van der Waals surface area contributed by atoms with Crippen molar-refractivity contribution in [1.82, 2.24) is 14.7 Å². The number of nitrogens with one attached hydrogen (secondary N) is 1. The smallest absolute Gasteiger partial charge is 0.256 e. The number of hydrogen-bond donors (Lipinski definition) is 2. The molecule has 7 aromatic rings. The fraction of sp³-hybridized carbons (Fsp3) is 0.182. The maximum atomic E-state index is 13.3. The highest BCUT2D eigenvalue weighted by Crippen LogP contribution is 2.44. The minimum Gasteiger partial charge on any atom is -0.431 e. The van der Waals surface area contributed by atoms with Crippen LogP contribution in [0.1, 0.15) is 41.6 Å². The number of thioether (sulfide) groups is 1. The van der Waals surface area contributed by atoms with Crippen molar-refractivity contribution in [2.24, 2.45) is 5.92 Å². The molecule has 0 saturated carbocycles. The van der Waals surface area contributed by atoms with Gasteiger partial charge in [0.1, 0.15) is 10.6 Å². The number of hydrogen-bond acceptors (Lipinski definition) is 9. The van der Waals surface area contributed by atoms with Crippen molar-refractivity contribution in [1.29, 1.82) is 0 Å². The van der Waals surface area contributed by atoms with Crippen LogP contribution in [0.25, 0.3) is 33.5 Å². The Morgan fingerprint density at radius 2 is 1.42 bits per heavy atom. The molecule has 4 unspecified atom stereocenters. The Morgan fingerprint density at radius 1 is 0.745 bits per heavy atom. The first-order valence-corrected chi connectivity index (χ1v) is 20.5. The first-order valence-electron chi connectivity index (χ1n) is 18.0. The summed E-state index contributed by atoms with van der Waals surface area (Å²) in [7, 11) is -3.83. The van der Waals surface area contributed by atoms with Gasteiger partial charge in [-0.3, -0.25) is 4.98 Å². The van der Waals surface area contributed by atoms with Crippen molar-refractivity contribution in [2.75, 3.05) is 5.75 Å². The maximum Gasteiger partial charge on any atom is 0.256 e. The average molecular weight is 770 g/mol. The zero-order valence-corrected chi connectivity index (χ0v) is 31.6. The maximum absolute atomic E-state index is 13.3. The van der Waals surface area contributed by atoms with E-state index in [0.717, 1.165) is 44.5 Å². The zero-order chi connectivity index (χ0) is 37.8. The standard InChI is InChI=1S/C44H39N3O6S2/c1-29-37(28-54-44-47-40(33-10-4-2-5-11-33)42(53-44)34-12-6-3-7-13-34)51-43(52-41(29)35-21-19-31(27-48)20-22-35)36-23-17-30(18-24-36)26-46-55(49,50)38-16-8-14-32-15-9-25-45-39(32)38/h2-25,29,37,41,43,46,48H,26-28H2,1H3. The van der Waals surface area contributed by atoms with E-state index in [2.05, 4.69) is 16.6 Å². The van der Waals surface area contributed by atoms with E-state index in [4.69, 9.17) is 18.9 Å². The molecule has 278 valence electrons. The van der Waals surface area contributed by atoms with Crippen LogP contribution in [-0.2, 0) is 32.6 Å². The van der Waals surface area contributed by atoms with Crippen LogP contribution in [0.3, 0.4) is 0 Å². The number of ether oxygens (including phenoxy) is 2. The van der Waals surface area contributed by atoms with Gasteiger partial charge in [-0.25, -0.2) is 18.1 Å². The number of aliphatic hydroxyl groups is 1. The minimum atomic E-state index is -3.83. The Labute approximate surface area is 324 Å². The van der Waals surface area contributed by atoms with Gasteiger partial charge in [0.2, 0.25) is 10.0 Å². The highest BCUT2D eigenvalue weighted by atomic mass is 32.2. The van der Waals surface area contributed by atoms with Crippen molar-refractivity contribution in [3.8, 4) is 22.6 Å². The van der Waals surface area contributed by atoms with Crippen molar-refractivity contribution < 1.29 is 27.4 Å². The lowest BCUT2D eigenvalue weighted by atomic mass is 9.91. The van der Waals surface area contributed by atoms with Gasteiger partial charge in [-0.05, 0) is 28.8 Å². The highest BCUT2D eigenvalue weighted by Gasteiger charge is 2.39. The van der Waals surface area contributed by atoms with Gasteiger partial charge in [-0.1, -0.05) is 146 Å². The monoisotopic (exact) mass is 769 g/mol. The molecule has 0 bridgehead atoms. The second-order valence-corrected chi connectivity index (χ2v) is 16.1. The third-order valence-corrected chi connectivity index (χ3v) is 12.1. The van der Waals surface area contributed by atoms with Gasteiger partial charge in [0.15, 0.2) is 12.1 Å². The summed E-state index contributed by atoms with van der Waals surface area (Å²) in [5.41, 5.74) is 6.52. The largest absolute Gasteiger partial charge is 0.431 e. The van der Waals surface area contributed by atoms with E-state index in [-0.39, 0.29) is 36.2 Å². The number of benzene rings is 5. The fourth-order valence-corrected chi connectivity index (χ4v) is 8.93. The van der Waals surface area contributed by atoms with Crippen LogP contribution in [0.15, 0.2) is 160 Å². The molecule has 0 spiro atoms. The summed E-state index contributed by atoms with van der Waals surface area (Å²) >= 11 is 1.50. The quantitative estimate of drug-likeness (QED) is 0.117. The Balaban J connectivity index is 1.02. The van der Waals surface area contributed by atoms with Crippen LogP contribution in [0, 0.1) is 5.92 Å². The molecule has 8 rings (SSSR count). The molecule has 1 aliphatic heterocycles. The van der Waals surface area contributed by atoms with Crippen LogP contribution in [0.4, 0.5) is 0 Å². The first kappa shape index (κ1) is 36.8. The number of para-hydroxylation sites is 1. The van der Waals surface area contributed by atoms with Gasteiger partial charge in [0.25, 0.3) is 5.22 Å². The Hall–Kier alpha value is -5.14. The molecule has 2 N–H and O–H groups in total. The number of aromatic nitrogens is 2. The second kappa shape index (κ2) is 16.3. The van der Waals surface area contributed by atoms with E-state index >= 15 is 0 Å². The first-order chi connectivity index (χ1) is 26.9. The SMILES string of the molecule is CC1C(CSc2nc(-c3ccccc3)c(-c3ccccc3)o2)OC(c2ccc(CNS(=O)(=O)c3cccc4cccnc34)cc2)OC1c1ccc(CO)cc1. The van der Waals surface area contributed by atoms with Crippen LogP contribution in [0.5, 0.6) is 0 Å². The molecule has 9 nitrogen and oxygen atoms in total. The predicted molar refractivity (Wildman–Crippen MR) is 213 cm³/mol. The third-order valence-electron chi connectivity index (χ3n) is 9.79. The molecule has 2 aromatic heterocycles. The van der Waals surface area contributed by atoms with Gasteiger partial charge in [0, 0.05) is 46.5 Å². The van der Waals surface area contributed by atoms with E-state index in [9.17, 15) is 13.5 Å². The molecule has 5 aromatic carbocycles. The van der Waals surface area contributed by atoms with E-state index in [1.807, 2.05) is 121 Å². The predicted octanol–water partition coefficient (Wildman–Crippen LogP) is 9.11. The Kier molecular flexibility index (Phi) is 10.9.